The highest BCUT2D eigenvalue weighted by atomic mass is 32.1. The Bertz CT molecular complexity index is 310. The second kappa shape index (κ2) is 5.30. The number of rotatable bonds is 3. The number of hydrogen-bond acceptors (Lipinski definition) is 3. The molecule has 2 heterocycles. The number of nitrogens with zero attached hydrogens (tertiary/aromatic N) is 1. The maximum atomic E-state index is 6.00. The van der Waals surface area contributed by atoms with E-state index in [1.165, 1.54) is 11.3 Å². The summed E-state index contributed by atoms with van der Waals surface area (Å²) in [5, 5.41) is 2.16. The highest BCUT2D eigenvalue weighted by Crippen LogP contribution is 2.21. The van der Waals surface area contributed by atoms with Crippen molar-refractivity contribution in [1.82, 2.24) is 4.90 Å². The van der Waals surface area contributed by atoms with E-state index in [9.17, 15) is 0 Å². The summed E-state index contributed by atoms with van der Waals surface area (Å²) in [5.41, 5.74) is 6.00. The standard InChI is InChI=1S/C13H22N2S/c1-10-8-12(14)5-6-15(10)11(2)9-13-4-3-7-16-13/h3-4,7,10-12H,5-6,8-9,14H2,1-2H3. The Morgan fingerprint density at radius 1 is 1.62 bits per heavy atom. The molecular weight excluding hydrogens is 216 g/mol. The lowest BCUT2D eigenvalue weighted by atomic mass is 9.96. The second-order valence-corrected chi connectivity index (χ2v) is 6.04. The minimum atomic E-state index is 0.417. The molecule has 1 aromatic rings. The maximum absolute atomic E-state index is 6.00. The van der Waals surface area contributed by atoms with Crippen molar-refractivity contribution in [3.63, 3.8) is 0 Å². The fraction of sp³-hybridized carbons (Fsp3) is 0.692. The Balaban J connectivity index is 1.91. The van der Waals surface area contributed by atoms with Crippen molar-refractivity contribution in [2.24, 2.45) is 5.73 Å². The number of likely N-dealkylation sites (tertiary alicyclic amines) is 1. The summed E-state index contributed by atoms with van der Waals surface area (Å²) < 4.78 is 0. The predicted molar refractivity (Wildman–Crippen MR) is 70.9 cm³/mol. The van der Waals surface area contributed by atoms with Crippen molar-refractivity contribution in [3.05, 3.63) is 22.4 Å². The van der Waals surface area contributed by atoms with Crippen molar-refractivity contribution < 1.29 is 0 Å². The van der Waals surface area contributed by atoms with Crippen LogP contribution in [0, 0.1) is 0 Å². The van der Waals surface area contributed by atoms with E-state index in [2.05, 4.69) is 36.3 Å². The third kappa shape index (κ3) is 2.84. The first-order valence-corrected chi connectivity index (χ1v) is 7.08. The molecule has 1 aliphatic rings. The van der Waals surface area contributed by atoms with Gasteiger partial charge < -0.3 is 5.73 Å². The summed E-state index contributed by atoms with van der Waals surface area (Å²) >= 11 is 1.87. The largest absolute Gasteiger partial charge is 0.328 e. The summed E-state index contributed by atoms with van der Waals surface area (Å²) in [4.78, 5) is 4.11. The molecule has 0 radical (unpaired) electrons. The molecule has 2 nitrogen and oxygen atoms in total. The molecule has 0 spiro atoms. The summed E-state index contributed by atoms with van der Waals surface area (Å²) in [5.74, 6) is 0. The van der Waals surface area contributed by atoms with Crippen molar-refractivity contribution in [2.75, 3.05) is 6.54 Å². The van der Waals surface area contributed by atoms with Crippen molar-refractivity contribution in [3.8, 4) is 0 Å². The van der Waals surface area contributed by atoms with Crippen LogP contribution in [-0.2, 0) is 6.42 Å². The van der Waals surface area contributed by atoms with Crippen LogP contribution in [0.3, 0.4) is 0 Å². The van der Waals surface area contributed by atoms with Gasteiger partial charge in [-0.2, -0.15) is 0 Å². The fourth-order valence-electron chi connectivity index (χ4n) is 2.72. The second-order valence-electron chi connectivity index (χ2n) is 5.00. The van der Waals surface area contributed by atoms with Crippen LogP contribution < -0.4 is 5.73 Å². The lowest BCUT2D eigenvalue weighted by Crippen LogP contribution is -2.49. The van der Waals surface area contributed by atoms with Gasteiger partial charge in [0, 0.05) is 29.5 Å². The van der Waals surface area contributed by atoms with Gasteiger partial charge in [0.15, 0.2) is 0 Å². The van der Waals surface area contributed by atoms with Gasteiger partial charge in [0.2, 0.25) is 0 Å². The van der Waals surface area contributed by atoms with Crippen molar-refractivity contribution >= 4 is 11.3 Å². The van der Waals surface area contributed by atoms with E-state index in [1.807, 2.05) is 11.3 Å². The van der Waals surface area contributed by atoms with Gasteiger partial charge in [0.1, 0.15) is 0 Å². The van der Waals surface area contributed by atoms with E-state index in [1.54, 1.807) is 0 Å². The fourth-order valence-corrected chi connectivity index (χ4v) is 3.55. The van der Waals surface area contributed by atoms with E-state index >= 15 is 0 Å². The summed E-state index contributed by atoms with van der Waals surface area (Å²) in [7, 11) is 0. The summed E-state index contributed by atoms with van der Waals surface area (Å²) in [6.07, 6.45) is 3.48. The third-order valence-corrected chi connectivity index (χ3v) is 4.51. The zero-order chi connectivity index (χ0) is 11.5. The number of piperidine rings is 1. The molecule has 3 heteroatoms. The molecule has 90 valence electrons. The minimum Gasteiger partial charge on any atom is -0.328 e. The van der Waals surface area contributed by atoms with Gasteiger partial charge in [-0.25, -0.2) is 0 Å². The molecule has 0 aliphatic carbocycles. The Kier molecular flexibility index (Phi) is 4.00. The van der Waals surface area contributed by atoms with Crippen LogP contribution in [0.15, 0.2) is 17.5 Å². The van der Waals surface area contributed by atoms with E-state index in [0.717, 1.165) is 19.4 Å². The van der Waals surface area contributed by atoms with Gasteiger partial charge >= 0.3 is 0 Å². The van der Waals surface area contributed by atoms with Crippen LogP contribution in [-0.4, -0.2) is 29.6 Å². The SMILES string of the molecule is CC(Cc1cccs1)N1CCC(N)CC1C. The monoisotopic (exact) mass is 238 g/mol. The zero-order valence-electron chi connectivity index (χ0n) is 10.2. The van der Waals surface area contributed by atoms with Crippen LogP contribution in [0.1, 0.15) is 31.6 Å². The molecule has 0 aromatic carbocycles. The van der Waals surface area contributed by atoms with Crippen LogP contribution in [0.4, 0.5) is 0 Å². The molecule has 0 saturated carbocycles. The molecule has 2 rings (SSSR count). The molecule has 3 unspecified atom stereocenters. The van der Waals surface area contributed by atoms with Gasteiger partial charge in [0.25, 0.3) is 0 Å². The Morgan fingerprint density at radius 2 is 2.44 bits per heavy atom. The molecule has 0 amide bonds. The topological polar surface area (TPSA) is 29.3 Å². The third-order valence-electron chi connectivity index (χ3n) is 3.61. The van der Waals surface area contributed by atoms with Gasteiger partial charge in [-0.15, -0.1) is 11.3 Å². The van der Waals surface area contributed by atoms with Gasteiger partial charge in [0.05, 0.1) is 0 Å². The zero-order valence-corrected chi connectivity index (χ0v) is 11.0. The first-order chi connectivity index (χ1) is 7.66. The molecular formula is C13H22N2S. The summed E-state index contributed by atoms with van der Waals surface area (Å²) in [6.45, 7) is 5.81. The van der Waals surface area contributed by atoms with Gasteiger partial charge in [-0.05, 0) is 44.6 Å². The summed E-state index contributed by atoms with van der Waals surface area (Å²) in [6, 6.07) is 6.07. The van der Waals surface area contributed by atoms with E-state index in [0.29, 0.717) is 18.1 Å². The molecule has 0 bridgehead atoms. The lowest BCUT2D eigenvalue weighted by Gasteiger charge is -2.40. The Morgan fingerprint density at radius 3 is 3.06 bits per heavy atom. The number of nitrogens with two attached hydrogens (primary N) is 1. The van der Waals surface area contributed by atoms with Crippen molar-refractivity contribution in [2.45, 2.75) is 51.2 Å². The van der Waals surface area contributed by atoms with Crippen molar-refractivity contribution in [1.29, 1.82) is 0 Å². The highest BCUT2D eigenvalue weighted by Gasteiger charge is 2.26. The molecule has 1 aliphatic heterocycles. The molecule has 16 heavy (non-hydrogen) atoms. The molecule has 1 fully saturated rings. The number of thiophene rings is 1. The quantitative estimate of drug-likeness (QED) is 0.876. The lowest BCUT2D eigenvalue weighted by molar-refractivity contribution is 0.104. The predicted octanol–water partition coefficient (Wildman–Crippen LogP) is 2.49. The van der Waals surface area contributed by atoms with E-state index in [4.69, 9.17) is 5.73 Å². The van der Waals surface area contributed by atoms with Crippen LogP contribution in [0.25, 0.3) is 0 Å². The average molecular weight is 238 g/mol. The maximum Gasteiger partial charge on any atom is 0.0118 e. The van der Waals surface area contributed by atoms with Crippen LogP contribution in [0.2, 0.25) is 0 Å². The van der Waals surface area contributed by atoms with E-state index in [-0.39, 0.29) is 0 Å². The molecule has 2 N–H and O–H groups in total. The highest BCUT2D eigenvalue weighted by molar-refractivity contribution is 7.09. The minimum absolute atomic E-state index is 0.417. The Hall–Kier alpha value is -0.380. The normalized spacial score (nSPS) is 29.2. The number of hydrogen-bond donors (Lipinski definition) is 1. The molecule has 1 aromatic heterocycles. The first-order valence-electron chi connectivity index (χ1n) is 6.20. The first kappa shape index (κ1) is 12.1. The average Bonchev–Trinajstić information content (AvgIpc) is 2.70. The van der Waals surface area contributed by atoms with Gasteiger partial charge in [-0.3, -0.25) is 4.90 Å². The van der Waals surface area contributed by atoms with Gasteiger partial charge in [-0.1, -0.05) is 6.07 Å². The van der Waals surface area contributed by atoms with Crippen LogP contribution in [0.5, 0.6) is 0 Å². The van der Waals surface area contributed by atoms with E-state index < -0.39 is 0 Å². The molecule has 1 saturated heterocycles. The Labute approximate surface area is 102 Å². The van der Waals surface area contributed by atoms with Crippen LogP contribution >= 0.6 is 11.3 Å². The smallest absolute Gasteiger partial charge is 0.0118 e. The molecule has 3 atom stereocenters.